The Labute approximate surface area is 465 Å². The molecule has 0 bridgehead atoms. The van der Waals surface area contributed by atoms with Gasteiger partial charge in [-0.1, -0.05) is 243 Å². The molecule has 11 nitrogen and oxygen atoms in total. The van der Waals surface area contributed by atoms with Crippen LogP contribution in [0, 0.1) is 0 Å². The van der Waals surface area contributed by atoms with E-state index in [0.717, 1.165) is 41.5 Å². The summed E-state index contributed by atoms with van der Waals surface area (Å²) in [7, 11) is -4.43. The van der Waals surface area contributed by atoms with Gasteiger partial charge in [-0.05, 0) is 38.9 Å². The molecule has 0 spiro atoms. The summed E-state index contributed by atoms with van der Waals surface area (Å²) in [6.45, 7) is -0.343. The van der Waals surface area contributed by atoms with Gasteiger partial charge in [0.25, 0.3) is 5.60 Å². The third kappa shape index (κ3) is 14.6. The molecule has 0 unspecified atom stereocenters. The normalized spacial score (nSPS) is 18.7. The molecule has 1 aliphatic heterocycles. The van der Waals surface area contributed by atoms with E-state index in [1.165, 1.54) is 18.2 Å². The molecule has 0 radical (unpaired) electrons. The van der Waals surface area contributed by atoms with Gasteiger partial charge in [0, 0.05) is 25.8 Å². The van der Waals surface area contributed by atoms with Crippen molar-refractivity contribution in [2.24, 2.45) is 0 Å². The molecule has 8 aromatic carbocycles. The number of alkyl halides is 3. The van der Waals surface area contributed by atoms with Crippen LogP contribution < -0.4 is 0 Å². The summed E-state index contributed by atoms with van der Waals surface area (Å²) in [6.07, 6.45) is -11.3. The lowest BCUT2D eigenvalue weighted by atomic mass is 9.92. The zero-order chi connectivity index (χ0) is 55.6. The Balaban J connectivity index is 1.28. The Morgan fingerprint density at radius 1 is 0.487 bits per heavy atom. The Morgan fingerprint density at radius 3 is 1.20 bits per heavy atom. The highest BCUT2D eigenvalue weighted by Crippen LogP contribution is 2.59. The fourth-order valence-electron chi connectivity index (χ4n) is 9.72. The number of hydrogen-bond donors (Lipinski definition) is 0. The monoisotopic (exact) mass is 1110 g/mol. The Morgan fingerprint density at radius 2 is 0.825 bits per heavy atom. The Hall–Kier alpha value is -7.07. The second kappa shape index (κ2) is 27.9. The molecule has 0 aromatic heterocycles. The molecule has 0 amide bonds. The molecule has 0 saturated carbocycles. The Bertz CT molecular complexity index is 3050. The molecule has 1 heterocycles. The maximum atomic E-state index is 16.7. The lowest BCUT2D eigenvalue weighted by molar-refractivity contribution is -0.317. The molecule has 80 heavy (non-hydrogen) atoms. The number of nitrogens with zero attached hydrogens (tertiary/aromatic N) is 1. The van der Waals surface area contributed by atoms with Gasteiger partial charge in [-0.25, -0.2) is 4.79 Å². The SMILES string of the molecule is CO[C@](C(=O)O[C@H]([C@H]1O[C@@H](OCc2ccccc2)[C@H](N(Cc2ccccc2)Cc2ccccc2)[C@@H](OCc2ccccc2)[C@@H]1OCc1ccccc1)P(=O)(OCc1ccccc1)OCc1ccccc1)(c1ccccc1)C(F)(F)F. The van der Waals surface area contributed by atoms with Gasteiger partial charge in [-0.15, -0.1) is 0 Å². The van der Waals surface area contributed by atoms with Crippen molar-refractivity contribution >= 4 is 13.6 Å². The van der Waals surface area contributed by atoms with Crippen LogP contribution in [-0.4, -0.2) is 60.6 Å². The van der Waals surface area contributed by atoms with Crippen molar-refractivity contribution in [3.05, 3.63) is 287 Å². The molecular weight excluding hydrogens is 1040 g/mol. The highest BCUT2D eigenvalue weighted by molar-refractivity contribution is 7.54. The fraction of sp³-hybridized carbons (Fsp3) is 0.246. The standard InChI is InChI=1S/C65H63F3NO10P/c1-72-64(65(66,67)68,56-40-24-9-25-41-56)63(70)79-62(80(71,76-47-54-36-20-7-21-37-54)77-48-55-38-22-8-23-39-55)60-59(74-45-52-32-16-5-17-33-52)58(73-44-51-30-14-4-15-31-51)57(61(78-60)75-46-53-34-18-6-19-35-53)69(42-49-26-10-2-11-27-49)43-50-28-12-3-13-29-50/h2-41,57-62H,42-48H2,1H3/t57-,58-,59+,60+,61-,62+,64+/m1/s1. The van der Waals surface area contributed by atoms with E-state index < -0.39 is 80.6 Å². The maximum absolute atomic E-state index is 16.7. The van der Waals surface area contributed by atoms with E-state index >= 15 is 22.5 Å². The van der Waals surface area contributed by atoms with Gasteiger partial charge >= 0.3 is 19.7 Å². The van der Waals surface area contributed by atoms with Crippen molar-refractivity contribution < 1.29 is 60.0 Å². The van der Waals surface area contributed by atoms with Crippen molar-refractivity contribution in [3.8, 4) is 0 Å². The number of benzene rings is 8. The minimum atomic E-state index is -5.45. The van der Waals surface area contributed by atoms with E-state index in [4.69, 9.17) is 37.5 Å². The number of methoxy groups -OCH3 is 1. The topological polar surface area (TPSA) is 111 Å². The van der Waals surface area contributed by atoms with Gasteiger partial charge < -0.3 is 37.5 Å². The first-order valence-corrected chi connectivity index (χ1v) is 27.9. The lowest BCUT2D eigenvalue weighted by Gasteiger charge is -2.51. The number of esters is 1. The molecule has 1 saturated heterocycles. The summed E-state index contributed by atoms with van der Waals surface area (Å²) < 4.78 is 118. The summed E-state index contributed by atoms with van der Waals surface area (Å²) in [5, 5.41) is 0. The minimum Gasteiger partial charge on any atom is -0.444 e. The van der Waals surface area contributed by atoms with Gasteiger partial charge in [0.05, 0.1) is 39.1 Å². The predicted octanol–water partition coefficient (Wildman–Crippen LogP) is 13.8. The van der Waals surface area contributed by atoms with Crippen LogP contribution in [0.2, 0.25) is 0 Å². The number of carbonyl (C=O) groups is 1. The molecule has 1 aliphatic rings. The maximum Gasteiger partial charge on any atom is 0.432 e. The average molecular weight is 1110 g/mol. The number of ether oxygens (including phenoxy) is 6. The van der Waals surface area contributed by atoms with Crippen LogP contribution >= 0.6 is 7.60 Å². The van der Waals surface area contributed by atoms with E-state index in [1.807, 2.05) is 152 Å². The zero-order valence-electron chi connectivity index (χ0n) is 44.1. The molecular formula is C65H63F3NO10P. The lowest BCUT2D eigenvalue weighted by Crippen LogP contribution is -2.67. The van der Waals surface area contributed by atoms with E-state index in [9.17, 15) is 0 Å². The number of hydrogen-bond acceptors (Lipinski definition) is 11. The van der Waals surface area contributed by atoms with Crippen molar-refractivity contribution in [2.45, 2.75) is 94.4 Å². The summed E-state index contributed by atoms with van der Waals surface area (Å²) in [6, 6.07) is 70.6. The first kappa shape index (κ1) is 57.6. The van der Waals surface area contributed by atoms with Crippen LogP contribution in [0.25, 0.3) is 0 Å². The molecule has 0 N–H and O–H groups in total. The van der Waals surface area contributed by atoms with Crippen LogP contribution in [0.4, 0.5) is 13.2 Å². The number of rotatable bonds is 26. The minimum absolute atomic E-state index is 0.0121. The first-order valence-electron chi connectivity index (χ1n) is 26.3. The predicted molar refractivity (Wildman–Crippen MR) is 297 cm³/mol. The van der Waals surface area contributed by atoms with Crippen LogP contribution in [0.3, 0.4) is 0 Å². The molecule has 0 aliphatic carbocycles. The molecule has 414 valence electrons. The van der Waals surface area contributed by atoms with Gasteiger partial charge in [0.2, 0.25) is 5.85 Å². The first-order chi connectivity index (χ1) is 39.0. The van der Waals surface area contributed by atoms with Gasteiger partial charge in [-0.3, -0.25) is 9.46 Å². The smallest absolute Gasteiger partial charge is 0.432 e. The summed E-state index contributed by atoms with van der Waals surface area (Å²) in [5.74, 6) is -4.33. The highest BCUT2D eigenvalue weighted by Gasteiger charge is 2.67. The van der Waals surface area contributed by atoms with Gasteiger partial charge in [-0.2, -0.15) is 13.2 Å². The second-order valence-electron chi connectivity index (χ2n) is 19.3. The average Bonchev–Trinajstić information content (AvgIpc) is 3.57. The third-order valence-corrected chi connectivity index (χ3v) is 15.8. The Kier molecular flexibility index (Phi) is 20.1. The van der Waals surface area contributed by atoms with E-state index in [2.05, 4.69) is 4.90 Å². The van der Waals surface area contributed by atoms with Crippen LogP contribution in [0.5, 0.6) is 0 Å². The van der Waals surface area contributed by atoms with Crippen molar-refractivity contribution in [3.63, 3.8) is 0 Å². The summed E-state index contributed by atoms with van der Waals surface area (Å²) >= 11 is 0. The van der Waals surface area contributed by atoms with E-state index in [1.54, 1.807) is 60.7 Å². The molecule has 15 heteroatoms. The van der Waals surface area contributed by atoms with Gasteiger partial charge in [0.1, 0.15) is 18.3 Å². The zero-order valence-corrected chi connectivity index (χ0v) is 45.0. The number of carbonyl (C=O) groups excluding carboxylic acids is 1. The van der Waals surface area contributed by atoms with Crippen molar-refractivity contribution in [2.75, 3.05) is 7.11 Å². The molecule has 9 rings (SSSR count). The van der Waals surface area contributed by atoms with Gasteiger partial charge in [0.15, 0.2) is 6.29 Å². The van der Waals surface area contributed by atoms with Crippen molar-refractivity contribution in [1.82, 2.24) is 4.90 Å². The largest absolute Gasteiger partial charge is 0.444 e. The quantitative estimate of drug-likeness (QED) is 0.0382. The van der Waals surface area contributed by atoms with Crippen molar-refractivity contribution in [1.29, 1.82) is 0 Å². The third-order valence-electron chi connectivity index (χ3n) is 13.8. The van der Waals surface area contributed by atoms with E-state index in [-0.39, 0.29) is 19.8 Å². The number of halogens is 3. The molecule has 8 aromatic rings. The van der Waals surface area contributed by atoms with Crippen LogP contribution in [-0.2, 0) is 98.6 Å². The fourth-order valence-corrected chi connectivity index (χ4v) is 11.6. The van der Waals surface area contributed by atoms with E-state index in [0.29, 0.717) is 29.8 Å². The molecule has 1 fully saturated rings. The molecule has 7 atom stereocenters. The second-order valence-corrected chi connectivity index (χ2v) is 21.4. The summed E-state index contributed by atoms with van der Waals surface area (Å²) in [5.41, 5.74) is 0.780. The summed E-state index contributed by atoms with van der Waals surface area (Å²) in [4.78, 5) is 17.5. The highest BCUT2D eigenvalue weighted by atomic mass is 31.2. The van der Waals surface area contributed by atoms with Crippen LogP contribution in [0.1, 0.15) is 44.5 Å². The van der Waals surface area contributed by atoms with Crippen LogP contribution in [0.15, 0.2) is 243 Å².